The van der Waals surface area contributed by atoms with Crippen molar-refractivity contribution in [2.24, 2.45) is 0 Å². The number of carbonyl (C=O) groups is 1. The molecule has 0 fully saturated rings. The molecule has 134 valence electrons. The van der Waals surface area contributed by atoms with Crippen LogP contribution in [-0.2, 0) is 4.79 Å². The molecule has 0 aliphatic heterocycles. The van der Waals surface area contributed by atoms with Crippen molar-refractivity contribution < 1.29 is 9.53 Å². The molecule has 0 unspecified atom stereocenters. The Morgan fingerprint density at radius 3 is 2.60 bits per heavy atom. The molecular formula is C18H23ClN4O2. The van der Waals surface area contributed by atoms with Gasteiger partial charge >= 0.3 is 0 Å². The second-order valence-corrected chi connectivity index (χ2v) is 6.24. The van der Waals surface area contributed by atoms with Crippen molar-refractivity contribution >= 4 is 29.0 Å². The Labute approximate surface area is 153 Å². The Hall–Kier alpha value is -2.31. The minimum Gasteiger partial charge on any atom is -0.484 e. The molecule has 0 radical (unpaired) electrons. The number of aromatic nitrogens is 1. The molecule has 0 aliphatic rings. The minimum absolute atomic E-state index is 0.0894. The third kappa shape index (κ3) is 7.41. The van der Waals surface area contributed by atoms with Gasteiger partial charge in [-0.15, -0.1) is 0 Å². The Morgan fingerprint density at radius 2 is 1.96 bits per heavy atom. The van der Waals surface area contributed by atoms with Gasteiger partial charge in [-0.3, -0.25) is 4.79 Å². The Morgan fingerprint density at radius 1 is 1.20 bits per heavy atom. The highest BCUT2D eigenvalue weighted by Gasteiger charge is 2.05. The number of nitrogens with zero attached hydrogens (tertiary/aromatic N) is 2. The molecule has 2 rings (SSSR count). The van der Waals surface area contributed by atoms with Crippen LogP contribution in [0.15, 0.2) is 42.6 Å². The molecule has 1 amide bonds. The van der Waals surface area contributed by atoms with E-state index in [4.69, 9.17) is 16.3 Å². The van der Waals surface area contributed by atoms with Crippen molar-refractivity contribution in [1.29, 1.82) is 0 Å². The normalized spacial score (nSPS) is 10.6. The number of rotatable bonds is 9. The zero-order chi connectivity index (χ0) is 18.1. The van der Waals surface area contributed by atoms with Gasteiger partial charge in [0.05, 0.1) is 11.9 Å². The Balaban J connectivity index is 1.72. The van der Waals surface area contributed by atoms with Crippen molar-refractivity contribution in [2.45, 2.75) is 6.42 Å². The van der Waals surface area contributed by atoms with Crippen molar-refractivity contribution in [3.8, 4) is 5.75 Å². The monoisotopic (exact) mass is 362 g/mol. The average Bonchev–Trinajstić information content (AvgIpc) is 2.59. The van der Waals surface area contributed by atoms with Gasteiger partial charge in [-0.2, -0.15) is 0 Å². The molecule has 2 N–H and O–H groups in total. The topological polar surface area (TPSA) is 66.5 Å². The highest BCUT2D eigenvalue weighted by atomic mass is 35.5. The van der Waals surface area contributed by atoms with Crippen molar-refractivity contribution in [3.63, 3.8) is 0 Å². The molecule has 2 aromatic rings. The van der Waals surface area contributed by atoms with Crippen molar-refractivity contribution in [1.82, 2.24) is 9.88 Å². The molecule has 1 aromatic carbocycles. The summed E-state index contributed by atoms with van der Waals surface area (Å²) in [5.41, 5.74) is 0.925. The highest BCUT2D eigenvalue weighted by Crippen LogP contribution is 2.15. The Bertz CT molecular complexity index is 660. The second-order valence-electron chi connectivity index (χ2n) is 5.81. The van der Waals surface area contributed by atoms with Gasteiger partial charge in [0.1, 0.15) is 11.6 Å². The fourth-order valence-corrected chi connectivity index (χ4v) is 2.19. The zero-order valence-corrected chi connectivity index (χ0v) is 15.2. The van der Waals surface area contributed by atoms with Gasteiger partial charge in [-0.25, -0.2) is 4.98 Å². The summed E-state index contributed by atoms with van der Waals surface area (Å²) in [5.74, 6) is 0.808. The van der Waals surface area contributed by atoms with Crippen LogP contribution in [-0.4, -0.2) is 49.6 Å². The highest BCUT2D eigenvalue weighted by molar-refractivity contribution is 6.30. The quantitative estimate of drug-likeness (QED) is 0.671. The average molecular weight is 363 g/mol. The lowest BCUT2D eigenvalue weighted by Crippen LogP contribution is -2.20. The van der Waals surface area contributed by atoms with Crippen molar-refractivity contribution in [2.75, 3.05) is 44.4 Å². The number of anilines is 2. The number of hydrogen-bond donors (Lipinski definition) is 2. The van der Waals surface area contributed by atoms with Crippen LogP contribution in [0.2, 0.25) is 5.02 Å². The fourth-order valence-electron chi connectivity index (χ4n) is 2.06. The van der Waals surface area contributed by atoms with Crippen LogP contribution in [0.5, 0.6) is 5.75 Å². The van der Waals surface area contributed by atoms with E-state index in [2.05, 4.69) is 34.6 Å². The van der Waals surface area contributed by atoms with Gasteiger partial charge in [0, 0.05) is 11.6 Å². The van der Waals surface area contributed by atoms with E-state index in [9.17, 15) is 4.79 Å². The lowest BCUT2D eigenvalue weighted by Gasteiger charge is -2.11. The van der Waals surface area contributed by atoms with E-state index >= 15 is 0 Å². The smallest absolute Gasteiger partial charge is 0.263 e. The van der Waals surface area contributed by atoms with E-state index < -0.39 is 0 Å². The maximum absolute atomic E-state index is 11.9. The predicted molar refractivity (Wildman–Crippen MR) is 101 cm³/mol. The number of pyridine rings is 1. The summed E-state index contributed by atoms with van der Waals surface area (Å²) in [6.07, 6.45) is 2.75. The molecule has 0 aliphatic carbocycles. The second kappa shape index (κ2) is 9.86. The maximum atomic E-state index is 11.9. The third-order valence-corrected chi connectivity index (χ3v) is 3.58. The molecule has 1 heterocycles. The lowest BCUT2D eigenvalue weighted by atomic mass is 10.3. The van der Waals surface area contributed by atoms with Gasteiger partial charge in [0.2, 0.25) is 0 Å². The van der Waals surface area contributed by atoms with E-state index in [1.54, 1.807) is 36.5 Å². The molecule has 0 saturated heterocycles. The van der Waals surface area contributed by atoms with E-state index in [1.165, 1.54) is 0 Å². The summed E-state index contributed by atoms with van der Waals surface area (Å²) in [7, 11) is 4.10. The molecule has 6 nitrogen and oxygen atoms in total. The molecule has 25 heavy (non-hydrogen) atoms. The van der Waals surface area contributed by atoms with Crippen molar-refractivity contribution in [3.05, 3.63) is 47.6 Å². The van der Waals surface area contributed by atoms with Crippen LogP contribution in [0.25, 0.3) is 0 Å². The summed E-state index contributed by atoms with van der Waals surface area (Å²) in [5, 5.41) is 6.61. The summed E-state index contributed by atoms with van der Waals surface area (Å²) < 4.78 is 5.39. The van der Waals surface area contributed by atoms with Crippen LogP contribution in [0, 0.1) is 0 Å². The maximum Gasteiger partial charge on any atom is 0.263 e. The number of hydrogen-bond acceptors (Lipinski definition) is 5. The van der Waals surface area contributed by atoms with E-state index in [1.807, 2.05) is 6.07 Å². The van der Waals surface area contributed by atoms with Gasteiger partial charge in [0.25, 0.3) is 5.91 Å². The summed E-state index contributed by atoms with van der Waals surface area (Å²) >= 11 is 5.80. The molecule has 0 spiro atoms. The molecule has 1 aromatic heterocycles. The minimum atomic E-state index is -0.269. The van der Waals surface area contributed by atoms with E-state index in [0.717, 1.165) is 25.2 Å². The standard InChI is InChI=1S/C18H23ClN4O2/c1-23(2)11-3-10-20-15-6-9-17(21-12-15)22-18(24)13-25-16-7-4-14(19)5-8-16/h4-9,12,20H,3,10-11,13H2,1-2H3,(H,21,22,24). The SMILES string of the molecule is CN(C)CCCNc1ccc(NC(=O)COc2ccc(Cl)cc2)nc1. The van der Waals surface area contributed by atoms with Crippen LogP contribution >= 0.6 is 11.6 Å². The van der Waals surface area contributed by atoms with Crippen LogP contribution in [0.3, 0.4) is 0 Å². The molecule has 0 bridgehead atoms. The molecule has 0 atom stereocenters. The zero-order valence-electron chi connectivity index (χ0n) is 14.5. The largest absolute Gasteiger partial charge is 0.484 e. The number of amides is 1. The van der Waals surface area contributed by atoms with Gasteiger partial charge in [0.15, 0.2) is 6.61 Å². The van der Waals surface area contributed by atoms with Crippen LogP contribution in [0.1, 0.15) is 6.42 Å². The fraction of sp³-hybridized carbons (Fsp3) is 0.333. The lowest BCUT2D eigenvalue weighted by molar-refractivity contribution is -0.118. The first-order valence-electron chi connectivity index (χ1n) is 8.06. The van der Waals surface area contributed by atoms with Crippen LogP contribution in [0.4, 0.5) is 11.5 Å². The van der Waals surface area contributed by atoms with Gasteiger partial charge in [-0.05, 0) is 63.5 Å². The number of carbonyl (C=O) groups excluding carboxylic acids is 1. The first-order valence-corrected chi connectivity index (χ1v) is 8.43. The predicted octanol–water partition coefficient (Wildman–Crippen LogP) is 3.12. The first-order chi connectivity index (χ1) is 12.0. The molecule has 7 heteroatoms. The summed E-state index contributed by atoms with van der Waals surface area (Å²) in [4.78, 5) is 18.3. The number of benzene rings is 1. The molecular weight excluding hydrogens is 340 g/mol. The van der Waals surface area contributed by atoms with E-state index in [0.29, 0.717) is 16.6 Å². The number of ether oxygens (including phenoxy) is 1. The summed E-state index contributed by atoms with van der Waals surface area (Å²) in [6.45, 7) is 1.82. The van der Waals surface area contributed by atoms with Gasteiger partial charge < -0.3 is 20.3 Å². The van der Waals surface area contributed by atoms with Gasteiger partial charge in [-0.1, -0.05) is 11.6 Å². The number of nitrogens with one attached hydrogen (secondary N) is 2. The molecule has 0 saturated carbocycles. The third-order valence-electron chi connectivity index (χ3n) is 3.33. The van der Waals surface area contributed by atoms with Crippen LogP contribution < -0.4 is 15.4 Å². The summed E-state index contributed by atoms with van der Waals surface area (Å²) in [6, 6.07) is 10.5. The number of halogens is 1. The van der Waals surface area contributed by atoms with E-state index in [-0.39, 0.29) is 12.5 Å². The Kier molecular flexibility index (Phi) is 7.50. The first kappa shape index (κ1) is 19.0.